The summed E-state index contributed by atoms with van der Waals surface area (Å²) in [6.45, 7) is 9.23. The van der Waals surface area contributed by atoms with Crippen LogP contribution in [-0.4, -0.2) is 29.7 Å². The molecule has 0 saturated heterocycles. The molecule has 0 radical (unpaired) electrons. The van der Waals surface area contributed by atoms with Gasteiger partial charge < -0.3 is 14.4 Å². The fourth-order valence-electron chi connectivity index (χ4n) is 2.03. The molecule has 0 fully saturated rings. The Morgan fingerprint density at radius 2 is 2.11 bits per heavy atom. The van der Waals surface area contributed by atoms with Gasteiger partial charge in [0.25, 0.3) is 0 Å². The van der Waals surface area contributed by atoms with Gasteiger partial charge in [-0.3, -0.25) is 0 Å². The van der Waals surface area contributed by atoms with Crippen molar-refractivity contribution in [2.75, 3.05) is 13.2 Å². The van der Waals surface area contributed by atoms with Crippen molar-refractivity contribution in [3.8, 4) is 5.75 Å². The zero-order valence-electron chi connectivity index (χ0n) is 12.0. The normalized spacial score (nSPS) is 15.3. The highest BCUT2D eigenvalue weighted by molar-refractivity contribution is 5.68. The van der Waals surface area contributed by atoms with E-state index in [-0.39, 0.29) is 6.09 Å². The highest BCUT2D eigenvalue weighted by Crippen LogP contribution is 2.26. The van der Waals surface area contributed by atoms with Crippen LogP contribution in [0.25, 0.3) is 0 Å². The number of aryl methyl sites for hydroxylation is 1. The summed E-state index contributed by atoms with van der Waals surface area (Å²) in [6.07, 6.45) is -0.285. The molecule has 0 saturated carbocycles. The van der Waals surface area contributed by atoms with Gasteiger partial charge in [-0.25, -0.2) is 4.79 Å². The van der Waals surface area contributed by atoms with Crippen LogP contribution in [0.1, 0.15) is 31.9 Å². The van der Waals surface area contributed by atoms with E-state index in [4.69, 9.17) is 9.47 Å². The summed E-state index contributed by atoms with van der Waals surface area (Å²) in [6, 6.07) is 5.94. The van der Waals surface area contributed by atoms with Gasteiger partial charge in [0.2, 0.25) is 0 Å². The summed E-state index contributed by atoms with van der Waals surface area (Å²) in [7, 11) is 0. The van der Waals surface area contributed by atoms with Crippen LogP contribution in [0.3, 0.4) is 0 Å². The van der Waals surface area contributed by atoms with Gasteiger partial charge in [0.1, 0.15) is 18.0 Å². The number of nitrogens with zero attached hydrogens (tertiary/aromatic N) is 1. The lowest BCUT2D eigenvalue weighted by molar-refractivity contribution is 0.0225. The van der Waals surface area contributed by atoms with Crippen molar-refractivity contribution in [1.82, 2.24) is 4.90 Å². The molecule has 1 heterocycles. The van der Waals surface area contributed by atoms with E-state index in [2.05, 4.69) is 0 Å². The highest BCUT2D eigenvalue weighted by Gasteiger charge is 2.25. The van der Waals surface area contributed by atoms with E-state index in [0.717, 1.165) is 16.9 Å². The summed E-state index contributed by atoms with van der Waals surface area (Å²) >= 11 is 0. The van der Waals surface area contributed by atoms with Crippen molar-refractivity contribution in [1.29, 1.82) is 0 Å². The molecule has 0 unspecified atom stereocenters. The lowest BCUT2D eigenvalue weighted by Crippen LogP contribution is -2.37. The van der Waals surface area contributed by atoms with Gasteiger partial charge in [-0.05, 0) is 39.3 Å². The molecule has 0 aromatic heterocycles. The van der Waals surface area contributed by atoms with Crippen molar-refractivity contribution >= 4 is 6.09 Å². The van der Waals surface area contributed by atoms with Crippen LogP contribution in [0.2, 0.25) is 0 Å². The Morgan fingerprint density at radius 3 is 2.79 bits per heavy atom. The van der Waals surface area contributed by atoms with Crippen molar-refractivity contribution in [3.63, 3.8) is 0 Å². The van der Waals surface area contributed by atoms with Gasteiger partial charge in [0, 0.05) is 5.56 Å². The van der Waals surface area contributed by atoms with Gasteiger partial charge in [0.15, 0.2) is 0 Å². The Bertz CT molecular complexity index is 477. The van der Waals surface area contributed by atoms with Crippen LogP contribution in [0, 0.1) is 6.92 Å². The standard InChI is InChI=1S/C15H21NO3/c1-11-6-5-7-13-12(11)10-16(8-9-18-13)14(17)19-15(2,3)4/h5-7H,8-10H2,1-4H3. The number of rotatable bonds is 0. The van der Waals surface area contributed by atoms with E-state index in [1.807, 2.05) is 45.9 Å². The highest BCUT2D eigenvalue weighted by atomic mass is 16.6. The van der Waals surface area contributed by atoms with Crippen molar-refractivity contribution in [3.05, 3.63) is 29.3 Å². The molecular weight excluding hydrogens is 242 g/mol. The number of carbonyl (C=O) groups excluding carboxylic acids is 1. The second kappa shape index (κ2) is 5.11. The van der Waals surface area contributed by atoms with Gasteiger partial charge in [0.05, 0.1) is 13.1 Å². The Balaban J connectivity index is 2.18. The maximum Gasteiger partial charge on any atom is 0.410 e. The Kier molecular flexibility index (Phi) is 3.69. The van der Waals surface area contributed by atoms with E-state index >= 15 is 0 Å². The summed E-state index contributed by atoms with van der Waals surface area (Å²) in [5, 5.41) is 0. The lowest BCUT2D eigenvalue weighted by atomic mass is 10.1. The molecule has 4 nitrogen and oxygen atoms in total. The number of carbonyl (C=O) groups is 1. The first-order valence-corrected chi connectivity index (χ1v) is 6.56. The minimum absolute atomic E-state index is 0.285. The fraction of sp³-hybridized carbons (Fsp3) is 0.533. The average molecular weight is 263 g/mol. The summed E-state index contributed by atoms with van der Waals surface area (Å²) in [4.78, 5) is 13.8. The fourth-order valence-corrected chi connectivity index (χ4v) is 2.03. The second-order valence-corrected chi connectivity index (χ2v) is 5.80. The third-order valence-corrected chi connectivity index (χ3v) is 2.99. The van der Waals surface area contributed by atoms with Crippen molar-refractivity contribution in [2.45, 2.75) is 39.8 Å². The maximum absolute atomic E-state index is 12.1. The molecule has 0 spiro atoms. The molecule has 1 aliphatic rings. The number of benzene rings is 1. The molecule has 104 valence electrons. The number of hydrogen-bond donors (Lipinski definition) is 0. The molecule has 2 rings (SSSR count). The maximum atomic E-state index is 12.1. The summed E-state index contributed by atoms with van der Waals surface area (Å²) in [5.41, 5.74) is 1.72. The van der Waals surface area contributed by atoms with E-state index in [1.54, 1.807) is 4.90 Å². The molecule has 1 amide bonds. The quantitative estimate of drug-likeness (QED) is 0.722. The molecule has 19 heavy (non-hydrogen) atoms. The Labute approximate surface area is 114 Å². The Hall–Kier alpha value is -1.71. The van der Waals surface area contributed by atoms with Crippen molar-refractivity contribution < 1.29 is 14.3 Å². The smallest absolute Gasteiger partial charge is 0.410 e. The largest absolute Gasteiger partial charge is 0.491 e. The first-order chi connectivity index (χ1) is 8.87. The van der Waals surface area contributed by atoms with E-state index in [0.29, 0.717) is 19.7 Å². The van der Waals surface area contributed by atoms with Crippen LogP contribution in [-0.2, 0) is 11.3 Å². The molecule has 1 aliphatic heterocycles. The Morgan fingerprint density at radius 1 is 1.37 bits per heavy atom. The predicted octanol–water partition coefficient (Wildman–Crippen LogP) is 3.12. The van der Waals surface area contributed by atoms with E-state index < -0.39 is 5.60 Å². The summed E-state index contributed by atoms with van der Waals surface area (Å²) < 4.78 is 11.1. The van der Waals surface area contributed by atoms with Crippen LogP contribution < -0.4 is 4.74 Å². The molecule has 0 atom stereocenters. The molecule has 0 bridgehead atoms. The number of hydrogen-bond acceptors (Lipinski definition) is 3. The van der Waals surface area contributed by atoms with Crippen LogP contribution in [0.5, 0.6) is 5.75 Å². The average Bonchev–Trinajstić information content (AvgIpc) is 2.50. The minimum atomic E-state index is -0.473. The molecule has 1 aromatic rings. The number of fused-ring (bicyclic) bond motifs is 1. The SMILES string of the molecule is Cc1cccc2c1CN(C(=O)OC(C)(C)C)CCO2. The zero-order chi connectivity index (χ0) is 14.0. The lowest BCUT2D eigenvalue weighted by Gasteiger charge is -2.26. The second-order valence-electron chi connectivity index (χ2n) is 5.80. The molecule has 4 heteroatoms. The van der Waals surface area contributed by atoms with E-state index in [9.17, 15) is 4.79 Å². The first-order valence-electron chi connectivity index (χ1n) is 6.56. The first kappa shape index (κ1) is 13.7. The minimum Gasteiger partial charge on any atom is -0.491 e. The van der Waals surface area contributed by atoms with Crippen LogP contribution in [0.15, 0.2) is 18.2 Å². The van der Waals surface area contributed by atoms with Gasteiger partial charge >= 0.3 is 6.09 Å². The van der Waals surface area contributed by atoms with Crippen molar-refractivity contribution in [2.24, 2.45) is 0 Å². The van der Waals surface area contributed by atoms with Gasteiger partial charge in [-0.1, -0.05) is 12.1 Å². The zero-order valence-corrected chi connectivity index (χ0v) is 12.0. The third kappa shape index (κ3) is 3.40. The molecule has 0 N–H and O–H groups in total. The summed E-state index contributed by atoms with van der Waals surface area (Å²) in [5.74, 6) is 0.867. The van der Waals surface area contributed by atoms with Crippen LogP contribution >= 0.6 is 0 Å². The topological polar surface area (TPSA) is 38.8 Å². The molecule has 1 aromatic carbocycles. The van der Waals surface area contributed by atoms with Gasteiger partial charge in [-0.2, -0.15) is 0 Å². The number of amides is 1. The van der Waals surface area contributed by atoms with E-state index in [1.165, 1.54) is 0 Å². The molecule has 0 aliphatic carbocycles. The third-order valence-electron chi connectivity index (χ3n) is 2.99. The molecular formula is C15H21NO3. The van der Waals surface area contributed by atoms with Crippen LogP contribution in [0.4, 0.5) is 4.79 Å². The monoisotopic (exact) mass is 263 g/mol. The predicted molar refractivity (Wildman–Crippen MR) is 73.3 cm³/mol. The van der Waals surface area contributed by atoms with Gasteiger partial charge in [-0.15, -0.1) is 0 Å². The number of ether oxygens (including phenoxy) is 2.